The first-order valence-electron chi connectivity index (χ1n) is 12.9. The van der Waals surface area contributed by atoms with E-state index >= 15 is 0 Å². The minimum atomic E-state index is 0.541. The van der Waals surface area contributed by atoms with Gasteiger partial charge in [-0.3, -0.25) is 9.69 Å². The third-order valence-electron chi connectivity index (χ3n) is 6.67. The number of piperidine rings is 1. The fourth-order valence-electron chi connectivity index (χ4n) is 4.73. The number of nitrogen functional groups attached to an aromatic ring is 1. The number of nitrogens with one attached hydrogen (secondary N) is 2. The number of carbonyl (C=O) groups excluding carboxylic acids is 1. The molecule has 3 aromatic rings. The molecule has 1 amide bonds. The van der Waals surface area contributed by atoms with Gasteiger partial charge in [0.1, 0.15) is 29.3 Å². The van der Waals surface area contributed by atoms with Gasteiger partial charge < -0.3 is 26.1 Å². The second kappa shape index (κ2) is 12.8. The number of rotatable bonds is 8. The first-order valence-corrected chi connectivity index (χ1v) is 13.7. The summed E-state index contributed by atoms with van der Waals surface area (Å²) in [4.78, 5) is 24.9. The number of amides is 1. The number of carbonyl (C=O) groups is 1. The lowest BCUT2D eigenvalue weighted by atomic mass is 9.97. The lowest BCUT2D eigenvalue weighted by molar-refractivity contribution is -0.115. The molecule has 1 saturated heterocycles. The van der Waals surface area contributed by atoms with Crippen molar-refractivity contribution in [2.45, 2.75) is 44.9 Å². The largest absolute Gasteiger partial charge is 0.490 e. The second-order valence-corrected chi connectivity index (χ2v) is 10.8. The molecule has 0 unspecified atom stereocenters. The zero-order valence-corrected chi connectivity index (χ0v) is 22.6. The molecule has 37 heavy (non-hydrogen) atoms. The topological polar surface area (TPSA) is 120 Å². The van der Waals surface area contributed by atoms with Gasteiger partial charge in [-0.05, 0) is 63.2 Å². The lowest BCUT2D eigenvalue weighted by Crippen LogP contribution is -2.33. The predicted molar refractivity (Wildman–Crippen MR) is 152 cm³/mol. The average molecular weight is 524 g/mol. The molecule has 198 valence electrons. The number of ether oxygens (including phenoxy) is 1. The number of thiophene rings is 1. The summed E-state index contributed by atoms with van der Waals surface area (Å²) in [5.41, 5.74) is 9.55. The van der Waals surface area contributed by atoms with Crippen molar-refractivity contribution in [2.75, 3.05) is 51.4 Å². The van der Waals surface area contributed by atoms with Crippen LogP contribution in [-0.4, -0.2) is 72.7 Å². The van der Waals surface area contributed by atoms with E-state index in [1.807, 2.05) is 12.1 Å². The van der Waals surface area contributed by atoms with Crippen molar-refractivity contribution >= 4 is 51.4 Å². The van der Waals surface area contributed by atoms with Crippen LogP contribution in [0.5, 0.6) is 5.75 Å². The molecule has 1 aliphatic heterocycles. The van der Waals surface area contributed by atoms with E-state index in [-0.39, 0.29) is 0 Å². The van der Waals surface area contributed by atoms with Crippen molar-refractivity contribution in [3.8, 4) is 5.75 Å². The van der Waals surface area contributed by atoms with Gasteiger partial charge >= 0.3 is 0 Å². The minimum absolute atomic E-state index is 0.541. The van der Waals surface area contributed by atoms with Crippen LogP contribution in [0.15, 0.2) is 18.5 Å². The average Bonchev–Trinajstić information content (AvgIpc) is 3.30. The summed E-state index contributed by atoms with van der Waals surface area (Å²) >= 11 is 1.78. The fraction of sp³-hybridized carbons (Fsp3) is 0.481. The summed E-state index contributed by atoms with van der Waals surface area (Å²) in [6.07, 6.45) is 12.2. The standard InChI is InChI=1S/C24H30N6OS.C3H7NO/c25-14-16-12-19(20(13-18(16)26)31-11-10-30-8-4-1-5-9-30)29-23-22-17-6-2-3-7-21(17)32-24(22)28-15-27-23;1-4(2)3-5/h12-15,25H,1-11,26H2,(H,27,28,29);3H,1-2H3. The molecule has 1 aromatic carbocycles. The van der Waals surface area contributed by atoms with Gasteiger partial charge in [0.05, 0.1) is 11.1 Å². The van der Waals surface area contributed by atoms with Crippen molar-refractivity contribution in [3.05, 3.63) is 34.5 Å². The van der Waals surface area contributed by atoms with E-state index in [1.54, 1.807) is 31.8 Å². The molecule has 0 bridgehead atoms. The highest BCUT2D eigenvalue weighted by Gasteiger charge is 2.21. The number of nitrogens with two attached hydrogens (primary N) is 1. The minimum Gasteiger partial charge on any atom is -0.490 e. The van der Waals surface area contributed by atoms with Crippen LogP contribution in [0.2, 0.25) is 0 Å². The van der Waals surface area contributed by atoms with Gasteiger partial charge in [-0.2, -0.15) is 0 Å². The summed E-state index contributed by atoms with van der Waals surface area (Å²) in [6.45, 7) is 3.80. The normalized spacial score (nSPS) is 15.3. The summed E-state index contributed by atoms with van der Waals surface area (Å²) in [6, 6.07) is 3.70. The highest BCUT2D eigenvalue weighted by Crippen LogP contribution is 2.40. The van der Waals surface area contributed by atoms with E-state index in [2.05, 4.69) is 20.2 Å². The Morgan fingerprint density at radius 1 is 1.16 bits per heavy atom. The summed E-state index contributed by atoms with van der Waals surface area (Å²) in [7, 11) is 3.38. The quantitative estimate of drug-likeness (QED) is 0.226. The molecule has 3 heterocycles. The second-order valence-electron chi connectivity index (χ2n) is 9.68. The van der Waals surface area contributed by atoms with Gasteiger partial charge in [-0.15, -0.1) is 11.3 Å². The summed E-state index contributed by atoms with van der Waals surface area (Å²) < 4.78 is 6.20. The molecular formula is C27H37N7O2S. The van der Waals surface area contributed by atoms with Gasteiger partial charge in [-0.1, -0.05) is 6.42 Å². The Hall–Kier alpha value is -3.24. The molecule has 1 fully saturated rings. The first kappa shape index (κ1) is 26.8. The van der Waals surface area contributed by atoms with Crippen molar-refractivity contribution in [3.63, 3.8) is 0 Å². The van der Waals surface area contributed by atoms with E-state index in [4.69, 9.17) is 15.9 Å². The Morgan fingerprint density at radius 3 is 2.65 bits per heavy atom. The number of likely N-dealkylation sites (tertiary alicyclic amines) is 1. The molecule has 0 saturated carbocycles. The third-order valence-corrected chi connectivity index (χ3v) is 7.87. The van der Waals surface area contributed by atoms with Crippen molar-refractivity contribution in [2.24, 2.45) is 0 Å². The van der Waals surface area contributed by atoms with Crippen LogP contribution in [0.4, 0.5) is 17.2 Å². The molecule has 4 N–H and O–H groups in total. The zero-order valence-electron chi connectivity index (χ0n) is 21.8. The maximum absolute atomic E-state index is 9.43. The number of hydrogen-bond acceptors (Lipinski definition) is 9. The third kappa shape index (κ3) is 6.75. The van der Waals surface area contributed by atoms with Gasteiger partial charge in [0.15, 0.2) is 0 Å². The molecule has 1 aliphatic carbocycles. The van der Waals surface area contributed by atoms with Crippen LogP contribution in [0.1, 0.15) is 48.1 Å². The maximum atomic E-state index is 9.43. The SMILES string of the molecule is CN(C)C=O.N=Cc1cc(Nc2ncnc3sc4c(c23)CCCC4)c(OCCN2CCCCC2)cc1N. The molecular weight excluding hydrogens is 486 g/mol. The summed E-state index contributed by atoms with van der Waals surface area (Å²) in [5.74, 6) is 1.50. The van der Waals surface area contributed by atoms with Crippen LogP contribution in [0, 0.1) is 5.41 Å². The molecule has 2 aromatic heterocycles. The Morgan fingerprint density at radius 2 is 1.92 bits per heavy atom. The Balaban J connectivity index is 0.000000586. The molecule has 10 heteroatoms. The van der Waals surface area contributed by atoms with E-state index in [0.29, 0.717) is 23.6 Å². The molecule has 2 aliphatic rings. The molecule has 0 atom stereocenters. The number of hydrogen-bond donors (Lipinski definition) is 3. The van der Waals surface area contributed by atoms with Crippen molar-refractivity contribution < 1.29 is 9.53 Å². The molecule has 0 radical (unpaired) electrons. The van der Waals surface area contributed by atoms with E-state index in [0.717, 1.165) is 60.6 Å². The van der Waals surface area contributed by atoms with E-state index in [9.17, 15) is 4.79 Å². The van der Waals surface area contributed by atoms with Crippen molar-refractivity contribution in [1.29, 1.82) is 5.41 Å². The number of aromatic nitrogens is 2. The van der Waals surface area contributed by atoms with Crippen LogP contribution in [0.25, 0.3) is 10.2 Å². The molecule has 5 rings (SSSR count). The Labute approximate surface area is 222 Å². The first-order chi connectivity index (χ1) is 18.0. The van der Waals surface area contributed by atoms with Crippen LogP contribution in [0.3, 0.4) is 0 Å². The van der Waals surface area contributed by atoms with Crippen molar-refractivity contribution in [1.82, 2.24) is 19.8 Å². The van der Waals surface area contributed by atoms with Gasteiger partial charge in [0.25, 0.3) is 0 Å². The van der Waals surface area contributed by atoms with E-state index < -0.39 is 0 Å². The predicted octanol–water partition coefficient (Wildman–Crippen LogP) is 4.46. The highest BCUT2D eigenvalue weighted by molar-refractivity contribution is 7.19. The maximum Gasteiger partial charge on any atom is 0.209 e. The summed E-state index contributed by atoms with van der Waals surface area (Å²) in [5, 5.41) is 12.4. The fourth-order valence-corrected chi connectivity index (χ4v) is 5.96. The monoisotopic (exact) mass is 523 g/mol. The highest BCUT2D eigenvalue weighted by atomic mass is 32.1. The van der Waals surface area contributed by atoms with Crippen LogP contribution >= 0.6 is 11.3 Å². The van der Waals surface area contributed by atoms with Crippen LogP contribution < -0.4 is 15.8 Å². The van der Waals surface area contributed by atoms with Gasteiger partial charge in [-0.25, -0.2) is 9.97 Å². The number of benzene rings is 1. The molecule has 9 nitrogen and oxygen atoms in total. The number of nitrogens with zero attached hydrogens (tertiary/aromatic N) is 4. The van der Waals surface area contributed by atoms with Gasteiger partial charge in [0, 0.05) is 49.0 Å². The van der Waals surface area contributed by atoms with E-state index in [1.165, 1.54) is 53.7 Å². The Bertz CT molecular complexity index is 1220. The number of aryl methyl sites for hydroxylation is 2. The smallest absolute Gasteiger partial charge is 0.209 e. The number of anilines is 3. The van der Waals surface area contributed by atoms with Gasteiger partial charge in [0.2, 0.25) is 6.41 Å². The zero-order chi connectivity index (χ0) is 26.2. The number of fused-ring (bicyclic) bond motifs is 3. The van der Waals surface area contributed by atoms with Crippen LogP contribution in [-0.2, 0) is 17.6 Å². The molecule has 0 spiro atoms. The Kier molecular flexibility index (Phi) is 9.29. The lowest BCUT2D eigenvalue weighted by Gasteiger charge is -2.26.